The first kappa shape index (κ1) is 8.29. The first-order valence-electron chi connectivity index (χ1n) is 4.92. The minimum Gasteiger partial charge on any atom is -0.359 e. The van der Waals surface area contributed by atoms with Crippen LogP contribution in [-0.2, 0) is 0 Å². The molecule has 0 amide bonds. The Kier molecular flexibility index (Phi) is 1.65. The lowest BCUT2D eigenvalue weighted by atomic mass is 10.1. The van der Waals surface area contributed by atoms with Gasteiger partial charge < -0.3 is 9.97 Å². The van der Waals surface area contributed by atoms with Crippen LogP contribution < -0.4 is 0 Å². The Bertz CT molecular complexity index is 590. The van der Waals surface area contributed by atoms with E-state index in [0.717, 1.165) is 16.9 Å². The van der Waals surface area contributed by atoms with E-state index in [-0.39, 0.29) is 0 Å². The van der Waals surface area contributed by atoms with Crippen LogP contribution in [0.25, 0.3) is 22.3 Å². The highest BCUT2D eigenvalue weighted by Crippen LogP contribution is 2.21. The Morgan fingerprint density at radius 1 is 1.20 bits per heavy atom. The van der Waals surface area contributed by atoms with Crippen LogP contribution in [-0.4, -0.2) is 15.0 Å². The monoisotopic (exact) mass is 197 g/mol. The zero-order valence-corrected chi connectivity index (χ0v) is 8.41. The van der Waals surface area contributed by atoms with Gasteiger partial charge in [0.25, 0.3) is 0 Å². The number of hydrogen-bond donors (Lipinski definition) is 2. The summed E-state index contributed by atoms with van der Waals surface area (Å²) < 4.78 is 0. The highest BCUT2D eigenvalue weighted by molar-refractivity contribution is 5.84. The third-order valence-corrected chi connectivity index (χ3v) is 2.53. The molecule has 0 aliphatic heterocycles. The number of rotatable bonds is 1. The van der Waals surface area contributed by atoms with Crippen LogP contribution in [0.3, 0.4) is 0 Å². The lowest BCUT2D eigenvalue weighted by Gasteiger charge is -1.96. The van der Waals surface area contributed by atoms with Crippen LogP contribution in [0.4, 0.5) is 0 Å². The Balaban J connectivity index is 2.21. The first-order chi connectivity index (χ1) is 7.33. The second-order valence-electron chi connectivity index (χ2n) is 3.69. The molecule has 3 aromatic rings. The Morgan fingerprint density at radius 2 is 2.13 bits per heavy atom. The Morgan fingerprint density at radius 3 is 2.93 bits per heavy atom. The molecule has 74 valence electrons. The van der Waals surface area contributed by atoms with Crippen molar-refractivity contribution in [2.24, 2.45) is 0 Å². The van der Waals surface area contributed by atoms with Crippen LogP contribution in [0, 0.1) is 6.92 Å². The number of nitrogens with one attached hydrogen (secondary N) is 2. The summed E-state index contributed by atoms with van der Waals surface area (Å²) in [6, 6.07) is 8.44. The summed E-state index contributed by atoms with van der Waals surface area (Å²) in [4.78, 5) is 10.6. The molecule has 0 saturated carbocycles. The number of aromatic nitrogens is 3. The summed E-state index contributed by atoms with van der Waals surface area (Å²) in [6.07, 6.45) is 3.60. The van der Waals surface area contributed by atoms with Crippen molar-refractivity contribution in [1.29, 1.82) is 0 Å². The smallest absolute Gasteiger partial charge is 0.137 e. The molecule has 15 heavy (non-hydrogen) atoms. The molecule has 0 spiro atoms. The van der Waals surface area contributed by atoms with Crippen LogP contribution in [0.5, 0.6) is 0 Å². The summed E-state index contributed by atoms with van der Waals surface area (Å²) in [7, 11) is 0. The topological polar surface area (TPSA) is 44.5 Å². The fourth-order valence-electron chi connectivity index (χ4n) is 1.84. The molecule has 0 fully saturated rings. The van der Waals surface area contributed by atoms with Crippen molar-refractivity contribution in [2.75, 3.05) is 0 Å². The molecule has 1 aromatic carbocycles. The largest absolute Gasteiger partial charge is 0.359 e. The molecule has 0 radical (unpaired) electrons. The van der Waals surface area contributed by atoms with Crippen molar-refractivity contribution >= 4 is 10.9 Å². The highest BCUT2D eigenvalue weighted by Gasteiger charge is 2.02. The van der Waals surface area contributed by atoms with E-state index in [4.69, 9.17) is 0 Å². The minimum absolute atomic E-state index is 0.907. The molecule has 3 nitrogen and oxygen atoms in total. The lowest BCUT2D eigenvalue weighted by molar-refractivity contribution is 1.29. The predicted octanol–water partition coefficient (Wildman–Crippen LogP) is 2.87. The lowest BCUT2D eigenvalue weighted by Crippen LogP contribution is -1.79. The van der Waals surface area contributed by atoms with Gasteiger partial charge in [-0.3, -0.25) is 0 Å². The average Bonchev–Trinajstić information content (AvgIpc) is 2.82. The van der Waals surface area contributed by atoms with Gasteiger partial charge in [0.1, 0.15) is 5.82 Å². The van der Waals surface area contributed by atoms with Crippen molar-refractivity contribution in [3.05, 3.63) is 42.4 Å². The van der Waals surface area contributed by atoms with E-state index in [1.807, 2.05) is 6.20 Å². The fraction of sp³-hybridized carbons (Fsp3) is 0.0833. The van der Waals surface area contributed by atoms with E-state index in [1.54, 1.807) is 6.20 Å². The number of fused-ring (bicyclic) bond motifs is 1. The van der Waals surface area contributed by atoms with Crippen LogP contribution in [0.15, 0.2) is 36.7 Å². The number of H-pyrrole nitrogens is 2. The first-order valence-corrected chi connectivity index (χ1v) is 4.92. The zero-order valence-electron chi connectivity index (χ0n) is 8.41. The summed E-state index contributed by atoms with van der Waals surface area (Å²) in [5.41, 5.74) is 3.44. The molecule has 0 aliphatic rings. The van der Waals surface area contributed by atoms with Crippen molar-refractivity contribution < 1.29 is 0 Å². The second-order valence-corrected chi connectivity index (χ2v) is 3.69. The second kappa shape index (κ2) is 2.98. The predicted molar refractivity (Wildman–Crippen MR) is 60.6 cm³/mol. The molecular weight excluding hydrogens is 186 g/mol. The number of nitrogens with zero attached hydrogens (tertiary/aromatic N) is 1. The van der Waals surface area contributed by atoms with Gasteiger partial charge in [-0.2, -0.15) is 0 Å². The van der Waals surface area contributed by atoms with Crippen molar-refractivity contribution in [2.45, 2.75) is 6.92 Å². The van der Waals surface area contributed by atoms with Crippen molar-refractivity contribution in [3.8, 4) is 11.4 Å². The molecule has 2 heterocycles. The van der Waals surface area contributed by atoms with E-state index < -0.39 is 0 Å². The van der Waals surface area contributed by atoms with E-state index in [0.29, 0.717) is 0 Å². The summed E-state index contributed by atoms with van der Waals surface area (Å²) in [6.45, 7) is 2.06. The molecule has 3 heteroatoms. The molecule has 0 saturated heterocycles. The van der Waals surface area contributed by atoms with Gasteiger partial charge in [0, 0.05) is 29.2 Å². The Labute approximate surface area is 87.2 Å². The highest BCUT2D eigenvalue weighted by atomic mass is 14.9. The van der Waals surface area contributed by atoms with Crippen LogP contribution >= 0.6 is 0 Å². The standard InChI is InChI=1S/C12H11N3/c1-8-6-9-2-3-10(7-11(9)15-8)12-13-4-5-14-12/h2-7,15H,1H3,(H,13,14). The van der Waals surface area contributed by atoms with E-state index in [9.17, 15) is 0 Å². The third kappa shape index (κ3) is 1.32. The maximum atomic E-state index is 4.23. The molecule has 2 N–H and O–H groups in total. The maximum Gasteiger partial charge on any atom is 0.137 e. The molecule has 0 unspecified atom stereocenters. The molecule has 0 aliphatic carbocycles. The number of benzene rings is 1. The SMILES string of the molecule is Cc1cc2ccc(-c3ncc[nH]3)cc2[nH]1. The van der Waals surface area contributed by atoms with Gasteiger partial charge in [0.2, 0.25) is 0 Å². The number of aryl methyl sites for hydroxylation is 1. The molecule has 0 atom stereocenters. The summed E-state index contributed by atoms with van der Waals surface area (Å²) in [5.74, 6) is 0.907. The fourth-order valence-corrected chi connectivity index (χ4v) is 1.84. The number of imidazole rings is 1. The van der Waals surface area contributed by atoms with Gasteiger partial charge in [0.05, 0.1) is 0 Å². The Hall–Kier alpha value is -2.03. The van der Waals surface area contributed by atoms with Crippen molar-refractivity contribution in [3.63, 3.8) is 0 Å². The number of hydrogen-bond acceptors (Lipinski definition) is 1. The van der Waals surface area contributed by atoms with Crippen LogP contribution in [0.2, 0.25) is 0 Å². The van der Waals surface area contributed by atoms with Gasteiger partial charge in [-0.05, 0) is 24.4 Å². The zero-order chi connectivity index (χ0) is 10.3. The number of aromatic amines is 2. The third-order valence-electron chi connectivity index (χ3n) is 2.53. The van der Waals surface area contributed by atoms with E-state index in [2.05, 4.69) is 46.1 Å². The van der Waals surface area contributed by atoms with E-state index in [1.165, 1.54) is 11.1 Å². The molecule has 2 aromatic heterocycles. The van der Waals surface area contributed by atoms with Crippen LogP contribution in [0.1, 0.15) is 5.69 Å². The van der Waals surface area contributed by atoms with Gasteiger partial charge in [-0.25, -0.2) is 4.98 Å². The average molecular weight is 197 g/mol. The quantitative estimate of drug-likeness (QED) is 0.619. The van der Waals surface area contributed by atoms with Gasteiger partial charge in [0.15, 0.2) is 0 Å². The van der Waals surface area contributed by atoms with Crippen molar-refractivity contribution in [1.82, 2.24) is 15.0 Å². The van der Waals surface area contributed by atoms with Gasteiger partial charge in [-0.15, -0.1) is 0 Å². The van der Waals surface area contributed by atoms with Gasteiger partial charge in [-0.1, -0.05) is 12.1 Å². The summed E-state index contributed by atoms with van der Waals surface area (Å²) in [5, 5.41) is 1.24. The minimum atomic E-state index is 0.907. The summed E-state index contributed by atoms with van der Waals surface area (Å²) >= 11 is 0. The van der Waals surface area contributed by atoms with Gasteiger partial charge >= 0.3 is 0 Å². The molecule has 0 bridgehead atoms. The normalized spacial score (nSPS) is 11.0. The maximum absolute atomic E-state index is 4.23. The van der Waals surface area contributed by atoms with E-state index >= 15 is 0 Å². The molecular formula is C12H11N3. The molecule has 3 rings (SSSR count).